The van der Waals surface area contributed by atoms with Gasteiger partial charge in [0.15, 0.2) is 5.82 Å². The number of hydrogen-bond acceptors (Lipinski definition) is 4. The molecule has 0 aliphatic heterocycles. The van der Waals surface area contributed by atoms with Crippen LogP contribution < -0.4 is 0 Å². The van der Waals surface area contributed by atoms with Gasteiger partial charge in [-0.3, -0.25) is 9.78 Å². The molecule has 2 aromatic rings. The predicted octanol–water partition coefficient (Wildman–Crippen LogP) is 5.15. The van der Waals surface area contributed by atoms with Gasteiger partial charge in [0, 0.05) is 13.0 Å². The number of nitrogens with zero attached hydrogens (tertiary/aromatic N) is 5. The second-order valence-corrected chi connectivity index (χ2v) is 8.65. The lowest BCUT2D eigenvalue weighted by molar-refractivity contribution is 0.336. The Hall–Kier alpha value is -1.47. The molecular formula is C19H29ClN6S. The number of aryl methyl sites for hydroxylation is 2. The Kier molecular flexibility index (Phi) is 6.87. The summed E-state index contributed by atoms with van der Waals surface area (Å²) in [5.41, 5.74) is 1.70. The molecule has 0 atom stereocenters. The van der Waals surface area contributed by atoms with E-state index in [1.807, 2.05) is 11.6 Å². The first-order valence-corrected chi connectivity index (χ1v) is 10.7. The maximum absolute atomic E-state index is 6.51. The van der Waals surface area contributed by atoms with Gasteiger partial charge in [-0.05, 0) is 37.4 Å². The van der Waals surface area contributed by atoms with E-state index in [0.29, 0.717) is 15.8 Å². The molecule has 0 amide bonds. The van der Waals surface area contributed by atoms with Gasteiger partial charge in [0.2, 0.25) is 4.77 Å². The minimum absolute atomic E-state index is 0.473. The summed E-state index contributed by atoms with van der Waals surface area (Å²) in [7, 11) is 0. The van der Waals surface area contributed by atoms with Gasteiger partial charge in [0.1, 0.15) is 5.15 Å². The van der Waals surface area contributed by atoms with E-state index >= 15 is 0 Å². The van der Waals surface area contributed by atoms with Crippen molar-refractivity contribution in [3.63, 3.8) is 0 Å². The summed E-state index contributed by atoms with van der Waals surface area (Å²) in [6.45, 7) is 7.02. The average molecular weight is 409 g/mol. The summed E-state index contributed by atoms with van der Waals surface area (Å²) in [4.78, 5) is 0. The summed E-state index contributed by atoms with van der Waals surface area (Å²) in [6, 6.07) is 0. The fraction of sp³-hybridized carbons (Fsp3) is 0.684. The Morgan fingerprint density at radius 2 is 2.07 bits per heavy atom. The fourth-order valence-electron chi connectivity index (χ4n) is 3.71. The van der Waals surface area contributed by atoms with E-state index in [0.717, 1.165) is 42.4 Å². The molecule has 0 saturated heterocycles. The molecule has 1 N–H and O–H groups in total. The van der Waals surface area contributed by atoms with Crippen molar-refractivity contribution in [3.8, 4) is 0 Å². The average Bonchev–Trinajstić information content (AvgIpc) is 3.11. The van der Waals surface area contributed by atoms with Crippen LogP contribution in [-0.4, -0.2) is 30.9 Å². The first-order chi connectivity index (χ1) is 13.0. The van der Waals surface area contributed by atoms with Crippen molar-refractivity contribution in [3.05, 3.63) is 27.0 Å². The fourth-order valence-corrected chi connectivity index (χ4v) is 4.20. The van der Waals surface area contributed by atoms with Crippen LogP contribution >= 0.6 is 23.8 Å². The van der Waals surface area contributed by atoms with Crippen LogP contribution in [0.2, 0.25) is 5.15 Å². The van der Waals surface area contributed by atoms with Crippen LogP contribution in [0.1, 0.15) is 69.5 Å². The van der Waals surface area contributed by atoms with Crippen LogP contribution in [0.3, 0.4) is 0 Å². The third kappa shape index (κ3) is 5.08. The monoisotopic (exact) mass is 408 g/mol. The molecule has 3 rings (SSSR count). The molecule has 0 bridgehead atoms. The van der Waals surface area contributed by atoms with Gasteiger partial charge < -0.3 is 0 Å². The number of H-pyrrole nitrogens is 1. The van der Waals surface area contributed by atoms with Crippen LogP contribution in [-0.2, 0) is 13.0 Å². The molecule has 2 heterocycles. The number of nitrogens with one attached hydrogen (secondary N) is 1. The molecule has 1 aliphatic rings. The van der Waals surface area contributed by atoms with Crippen LogP contribution in [0.25, 0.3) is 0 Å². The lowest BCUT2D eigenvalue weighted by Crippen LogP contribution is -2.09. The molecule has 1 aliphatic carbocycles. The number of aromatic nitrogens is 5. The largest absolute Gasteiger partial charge is 0.253 e. The highest BCUT2D eigenvalue weighted by Crippen LogP contribution is 2.27. The zero-order valence-electron chi connectivity index (χ0n) is 16.4. The molecule has 8 heteroatoms. The van der Waals surface area contributed by atoms with Gasteiger partial charge >= 0.3 is 0 Å². The Balaban J connectivity index is 1.75. The molecule has 1 saturated carbocycles. The van der Waals surface area contributed by atoms with E-state index in [9.17, 15) is 0 Å². The molecule has 2 aromatic heterocycles. The summed E-state index contributed by atoms with van der Waals surface area (Å²) < 4.78 is 4.06. The Bertz CT molecular complexity index is 841. The minimum atomic E-state index is 0.473. The van der Waals surface area contributed by atoms with Gasteiger partial charge in [0.25, 0.3) is 0 Å². The number of halogens is 1. The standard InChI is InChI=1S/C19H29ClN6S/c1-13(2)12-25-18(20)16(14(3)24-25)11-21-26-17(22-23-19(26)27)10-9-15-7-5-4-6-8-15/h11,13,15H,4-10,12H2,1-3H3,(H,23,27)/b21-11-. The van der Waals surface area contributed by atoms with E-state index in [2.05, 4.69) is 34.2 Å². The predicted molar refractivity (Wildman–Crippen MR) is 112 cm³/mol. The van der Waals surface area contributed by atoms with Crippen LogP contribution in [0.4, 0.5) is 0 Å². The van der Waals surface area contributed by atoms with Crippen LogP contribution in [0.15, 0.2) is 5.10 Å². The second kappa shape index (κ2) is 9.15. The van der Waals surface area contributed by atoms with Crippen molar-refractivity contribution in [2.24, 2.45) is 16.9 Å². The normalized spacial score (nSPS) is 16.0. The summed E-state index contributed by atoms with van der Waals surface area (Å²) >= 11 is 11.9. The topological polar surface area (TPSA) is 63.8 Å². The SMILES string of the molecule is Cc1nn(CC(C)C)c(Cl)c1/C=N\n1c(CCC2CCCCC2)n[nH]c1=S. The van der Waals surface area contributed by atoms with E-state index in [4.69, 9.17) is 23.8 Å². The van der Waals surface area contributed by atoms with Crippen molar-refractivity contribution in [1.82, 2.24) is 24.7 Å². The highest BCUT2D eigenvalue weighted by Gasteiger charge is 2.16. The molecule has 27 heavy (non-hydrogen) atoms. The van der Waals surface area contributed by atoms with Gasteiger partial charge in [-0.1, -0.05) is 57.6 Å². The lowest BCUT2D eigenvalue weighted by atomic mass is 9.86. The summed E-state index contributed by atoms with van der Waals surface area (Å²) in [5.74, 6) is 2.15. The van der Waals surface area contributed by atoms with Crippen molar-refractivity contribution < 1.29 is 0 Å². The van der Waals surface area contributed by atoms with Crippen molar-refractivity contribution in [2.75, 3.05) is 0 Å². The lowest BCUT2D eigenvalue weighted by Gasteiger charge is -2.20. The van der Waals surface area contributed by atoms with Gasteiger partial charge in [-0.15, -0.1) is 0 Å². The third-order valence-electron chi connectivity index (χ3n) is 5.17. The number of hydrogen-bond donors (Lipinski definition) is 1. The molecule has 6 nitrogen and oxygen atoms in total. The summed E-state index contributed by atoms with van der Waals surface area (Å²) in [6.07, 6.45) is 10.5. The van der Waals surface area contributed by atoms with Crippen LogP contribution in [0, 0.1) is 23.5 Å². The van der Waals surface area contributed by atoms with Gasteiger partial charge in [-0.2, -0.15) is 20.0 Å². The first kappa shape index (κ1) is 20.3. The van der Waals surface area contributed by atoms with Gasteiger partial charge in [-0.25, -0.2) is 0 Å². The molecule has 0 spiro atoms. The Morgan fingerprint density at radius 3 is 2.78 bits per heavy atom. The van der Waals surface area contributed by atoms with E-state index < -0.39 is 0 Å². The van der Waals surface area contributed by atoms with Crippen molar-refractivity contribution in [2.45, 2.75) is 72.3 Å². The van der Waals surface area contributed by atoms with Gasteiger partial charge in [0.05, 0.1) is 17.5 Å². The molecule has 1 fully saturated rings. The van der Waals surface area contributed by atoms with Crippen LogP contribution in [0.5, 0.6) is 0 Å². The first-order valence-electron chi connectivity index (χ1n) is 9.89. The zero-order valence-corrected chi connectivity index (χ0v) is 18.0. The minimum Gasteiger partial charge on any atom is -0.253 e. The highest BCUT2D eigenvalue weighted by molar-refractivity contribution is 7.71. The molecular weight excluding hydrogens is 380 g/mol. The highest BCUT2D eigenvalue weighted by atomic mass is 35.5. The maximum Gasteiger partial charge on any atom is 0.216 e. The molecule has 148 valence electrons. The summed E-state index contributed by atoms with van der Waals surface area (Å²) in [5, 5.41) is 17.0. The van der Waals surface area contributed by atoms with Crippen molar-refractivity contribution in [1.29, 1.82) is 0 Å². The Morgan fingerprint density at radius 1 is 1.33 bits per heavy atom. The smallest absolute Gasteiger partial charge is 0.216 e. The van der Waals surface area contributed by atoms with E-state index in [1.54, 1.807) is 10.9 Å². The number of aromatic amines is 1. The molecule has 0 unspecified atom stereocenters. The quantitative estimate of drug-likeness (QED) is 0.509. The van der Waals surface area contributed by atoms with E-state index in [-0.39, 0.29) is 0 Å². The second-order valence-electron chi connectivity index (χ2n) is 7.91. The maximum atomic E-state index is 6.51. The van der Waals surface area contributed by atoms with Crippen molar-refractivity contribution >= 4 is 30.0 Å². The zero-order chi connectivity index (χ0) is 19.4. The Labute approximate surface area is 171 Å². The molecule has 0 radical (unpaired) electrons. The molecule has 0 aromatic carbocycles. The third-order valence-corrected chi connectivity index (χ3v) is 5.83. The number of rotatable bonds is 7. The van der Waals surface area contributed by atoms with E-state index in [1.165, 1.54) is 32.1 Å².